The van der Waals surface area contributed by atoms with Gasteiger partial charge in [0, 0.05) is 3.57 Å². The number of ether oxygens (including phenoxy) is 4. The van der Waals surface area contributed by atoms with Crippen molar-refractivity contribution >= 4 is 22.6 Å². The minimum Gasteiger partial charge on any atom is -0.497 e. The number of halogens is 1. The van der Waals surface area contributed by atoms with E-state index in [-0.39, 0.29) is 13.2 Å². The van der Waals surface area contributed by atoms with E-state index in [0.29, 0.717) is 6.61 Å². The fourth-order valence-electron chi connectivity index (χ4n) is 4.24. The van der Waals surface area contributed by atoms with Crippen LogP contribution in [-0.4, -0.2) is 38.6 Å². The van der Waals surface area contributed by atoms with E-state index < -0.39 is 11.7 Å². The first-order valence-corrected chi connectivity index (χ1v) is 13.1. The Labute approximate surface area is 232 Å². The zero-order valence-corrected chi connectivity index (χ0v) is 23.1. The molecule has 4 aromatic carbocycles. The molecule has 0 amide bonds. The molecule has 0 aliphatic carbocycles. The van der Waals surface area contributed by atoms with Crippen LogP contribution >= 0.6 is 22.6 Å². The molecular formula is C31H31IO5. The second-order valence-electron chi connectivity index (χ2n) is 8.61. The molecule has 1 N–H and O–H groups in total. The van der Waals surface area contributed by atoms with E-state index in [9.17, 15) is 5.11 Å². The molecule has 0 heterocycles. The molecule has 0 aliphatic heterocycles. The minimum absolute atomic E-state index is 0.0691. The van der Waals surface area contributed by atoms with Gasteiger partial charge in [-0.25, -0.2) is 0 Å². The second kappa shape index (κ2) is 13.1. The summed E-state index contributed by atoms with van der Waals surface area (Å²) in [6.45, 7) is 0.649. The highest BCUT2D eigenvalue weighted by atomic mass is 127. The smallest absolute Gasteiger partial charge is 0.143 e. The normalized spacial score (nSPS) is 12.2. The zero-order chi connectivity index (χ0) is 26.1. The van der Waals surface area contributed by atoms with Crippen molar-refractivity contribution in [1.29, 1.82) is 0 Å². The van der Waals surface area contributed by atoms with Crippen LogP contribution in [0.5, 0.6) is 11.5 Å². The van der Waals surface area contributed by atoms with Gasteiger partial charge in [0.2, 0.25) is 0 Å². The molecule has 0 fully saturated rings. The molecule has 1 atom stereocenters. The third-order valence-electron chi connectivity index (χ3n) is 6.16. The van der Waals surface area contributed by atoms with Crippen molar-refractivity contribution in [2.75, 3.05) is 27.4 Å². The van der Waals surface area contributed by atoms with Crippen molar-refractivity contribution < 1.29 is 24.1 Å². The fourth-order valence-corrected chi connectivity index (χ4v) is 4.60. The van der Waals surface area contributed by atoms with Gasteiger partial charge >= 0.3 is 0 Å². The molecular weight excluding hydrogens is 579 g/mol. The van der Waals surface area contributed by atoms with Gasteiger partial charge in [0.15, 0.2) is 0 Å². The number of aliphatic hydroxyl groups excluding tert-OH is 1. The Kier molecular flexibility index (Phi) is 9.57. The van der Waals surface area contributed by atoms with Crippen LogP contribution in [0.25, 0.3) is 0 Å². The second-order valence-corrected chi connectivity index (χ2v) is 9.86. The summed E-state index contributed by atoms with van der Waals surface area (Å²) in [5.41, 5.74) is 2.85. The van der Waals surface area contributed by atoms with Crippen LogP contribution in [0, 0.1) is 3.57 Å². The maximum absolute atomic E-state index is 10.8. The lowest BCUT2D eigenvalue weighted by Crippen LogP contribution is -2.36. The quantitative estimate of drug-likeness (QED) is 0.153. The number of aliphatic hydroxyl groups is 1. The lowest BCUT2D eigenvalue weighted by Gasteiger charge is -2.36. The van der Waals surface area contributed by atoms with Crippen LogP contribution in [0.3, 0.4) is 0 Å². The Morgan fingerprint density at radius 1 is 0.676 bits per heavy atom. The molecule has 0 aromatic heterocycles. The van der Waals surface area contributed by atoms with Crippen molar-refractivity contribution in [3.63, 3.8) is 0 Å². The van der Waals surface area contributed by atoms with Gasteiger partial charge in [0.25, 0.3) is 0 Å². The summed E-state index contributed by atoms with van der Waals surface area (Å²) in [6, 6.07) is 33.8. The lowest BCUT2D eigenvalue weighted by atomic mass is 9.80. The van der Waals surface area contributed by atoms with E-state index in [4.69, 9.17) is 18.9 Å². The van der Waals surface area contributed by atoms with Crippen LogP contribution < -0.4 is 9.47 Å². The average Bonchev–Trinajstić information content (AvgIpc) is 2.95. The van der Waals surface area contributed by atoms with Gasteiger partial charge in [-0.1, -0.05) is 66.7 Å². The topological polar surface area (TPSA) is 57.2 Å². The highest BCUT2D eigenvalue weighted by Crippen LogP contribution is 2.41. The molecule has 0 radical (unpaired) electrons. The van der Waals surface area contributed by atoms with Crippen LogP contribution in [0.1, 0.15) is 22.3 Å². The highest BCUT2D eigenvalue weighted by molar-refractivity contribution is 14.1. The predicted octanol–water partition coefficient (Wildman–Crippen LogP) is 6.19. The molecule has 0 aliphatic rings. The van der Waals surface area contributed by atoms with Gasteiger partial charge in [0.1, 0.15) is 23.2 Å². The Morgan fingerprint density at radius 3 is 1.70 bits per heavy atom. The third kappa shape index (κ3) is 6.70. The lowest BCUT2D eigenvalue weighted by molar-refractivity contribution is -0.0662. The molecule has 1 unspecified atom stereocenters. The van der Waals surface area contributed by atoms with Gasteiger partial charge in [-0.3, -0.25) is 0 Å². The van der Waals surface area contributed by atoms with Crippen LogP contribution in [-0.2, 0) is 21.7 Å². The van der Waals surface area contributed by atoms with Crippen LogP contribution in [0.2, 0.25) is 0 Å². The van der Waals surface area contributed by atoms with Crippen LogP contribution in [0.4, 0.5) is 0 Å². The van der Waals surface area contributed by atoms with Gasteiger partial charge in [-0.15, -0.1) is 0 Å². The summed E-state index contributed by atoms with van der Waals surface area (Å²) in [6.07, 6.45) is -0.816. The molecule has 37 heavy (non-hydrogen) atoms. The Balaban J connectivity index is 1.62. The molecule has 4 aromatic rings. The van der Waals surface area contributed by atoms with Gasteiger partial charge in [0.05, 0.1) is 34.0 Å². The van der Waals surface area contributed by atoms with Crippen molar-refractivity contribution in [2.24, 2.45) is 0 Å². The first-order valence-electron chi connectivity index (χ1n) is 12.0. The summed E-state index contributed by atoms with van der Waals surface area (Å²) < 4.78 is 24.5. The van der Waals surface area contributed by atoms with Gasteiger partial charge in [-0.2, -0.15) is 0 Å². The number of hydrogen-bond acceptors (Lipinski definition) is 5. The van der Waals surface area contributed by atoms with E-state index in [1.165, 1.54) is 3.57 Å². The molecule has 4 rings (SSSR count). The largest absolute Gasteiger partial charge is 0.497 e. The fraction of sp³-hybridized carbons (Fsp3) is 0.226. The Bertz CT molecular complexity index is 1180. The van der Waals surface area contributed by atoms with E-state index in [1.807, 2.05) is 103 Å². The maximum Gasteiger partial charge on any atom is 0.143 e. The van der Waals surface area contributed by atoms with Crippen molar-refractivity contribution in [1.82, 2.24) is 0 Å². The Morgan fingerprint density at radius 2 is 1.19 bits per heavy atom. The van der Waals surface area contributed by atoms with E-state index in [1.54, 1.807) is 14.2 Å². The minimum atomic E-state index is -0.975. The zero-order valence-electron chi connectivity index (χ0n) is 21.0. The first-order chi connectivity index (χ1) is 18.0. The molecule has 0 saturated carbocycles. The number of hydrogen-bond donors (Lipinski definition) is 1. The number of benzene rings is 4. The van der Waals surface area contributed by atoms with Gasteiger partial charge < -0.3 is 24.1 Å². The number of rotatable bonds is 12. The van der Waals surface area contributed by atoms with Gasteiger partial charge in [-0.05, 0) is 81.2 Å². The molecule has 6 heteroatoms. The van der Waals surface area contributed by atoms with Crippen LogP contribution in [0.15, 0.2) is 103 Å². The third-order valence-corrected chi connectivity index (χ3v) is 6.88. The Hall–Kier alpha value is -2.91. The SMILES string of the molecule is COc1ccc(C(OCC(O)COCc2ccc(I)cc2)(c2ccccc2)c2ccc(OC)cc2)cc1. The van der Waals surface area contributed by atoms with E-state index in [0.717, 1.165) is 33.8 Å². The first kappa shape index (κ1) is 27.1. The summed E-state index contributed by atoms with van der Waals surface area (Å²) in [5.74, 6) is 1.51. The molecule has 0 spiro atoms. The van der Waals surface area contributed by atoms with E-state index in [2.05, 4.69) is 22.6 Å². The maximum atomic E-state index is 10.8. The molecule has 0 bridgehead atoms. The molecule has 192 valence electrons. The molecule has 0 saturated heterocycles. The summed E-state index contributed by atoms with van der Waals surface area (Å²) >= 11 is 2.27. The van der Waals surface area contributed by atoms with E-state index >= 15 is 0 Å². The monoisotopic (exact) mass is 610 g/mol. The van der Waals surface area contributed by atoms with Crippen molar-refractivity contribution in [3.8, 4) is 11.5 Å². The summed E-state index contributed by atoms with van der Waals surface area (Å²) in [4.78, 5) is 0. The van der Waals surface area contributed by atoms with Crippen molar-refractivity contribution in [3.05, 3.63) is 129 Å². The number of methoxy groups -OCH3 is 2. The summed E-state index contributed by atoms with van der Waals surface area (Å²) in [7, 11) is 3.29. The highest BCUT2D eigenvalue weighted by Gasteiger charge is 2.38. The average molecular weight is 610 g/mol. The predicted molar refractivity (Wildman–Crippen MR) is 153 cm³/mol. The molecule has 5 nitrogen and oxygen atoms in total. The summed E-state index contributed by atoms with van der Waals surface area (Å²) in [5, 5.41) is 10.8. The standard InChI is InChI=1S/C31H31IO5/c1-34-29-16-10-25(11-17-29)31(24-6-4-3-5-7-24,26-12-18-30(35-2)19-13-26)37-22-28(33)21-36-20-23-8-14-27(32)15-9-23/h3-19,28,33H,20-22H2,1-2H3. The van der Waals surface area contributed by atoms with Crippen molar-refractivity contribution in [2.45, 2.75) is 18.3 Å².